The average molecular weight is 235 g/mol. The summed E-state index contributed by atoms with van der Waals surface area (Å²) in [7, 11) is 0. The van der Waals surface area contributed by atoms with Crippen LogP contribution in [0.25, 0.3) is 0 Å². The number of nitrogens with zero attached hydrogens (tertiary/aromatic N) is 1. The number of halogens is 1. The Balaban J connectivity index is 2.95. The van der Waals surface area contributed by atoms with E-state index in [0.717, 1.165) is 6.42 Å². The maximum Gasteiger partial charge on any atom is 0.356 e. The fourth-order valence-electron chi connectivity index (χ4n) is 1.12. The van der Waals surface area contributed by atoms with Gasteiger partial charge in [-0.25, -0.2) is 14.2 Å². The van der Waals surface area contributed by atoms with E-state index < -0.39 is 11.8 Å². The first-order chi connectivity index (χ1) is 8.19. The molecule has 0 aromatic carbocycles. The lowest BCUT2D eigenvalue weighted by Crippen LogP contribution is -2.08. The van der Waals surface area contributed by atoms with Gasteiger partial charge in [-0.2, -0.15) is 0 Å². The molecule has 0 amide bonds. The van der Waals surface area contributed by atoms with Gasteiger partial charge in [-0.1, -0.05) is 12.8 Å². The van der Waals surface area contributed by atoms with Crippen molar-refractivity contribution in [1.82, 2.24) is 4.98 Å². The quantitative estimate of drug-likeness (QED) is 0.597. The van der Waals surface area contributed by atoms with E-state index in [-0.39, 0.29) is 18.0 Å². The topological polar surface area (TPSA) is 39.2 Å². The van der Waals surface area contributed by atoms with Gasteiger partial charge in [0.2, 0.25) is 0 Å². The molecule has 0 fully saturated rings. The monoisotopic (exact) mass is 235 g/mol. The smallest absolute Gasteiger partial charge is 0.356 e. The molecular formula is C13H14FNO2. The van der Waals surface area contributed by atoms with Gasteiger partial charge in [-0.05, 0) is 31.4 Å². The first-order valence-electron chi connectivity index (χ1n) is 5.51. The fraction of sp³-hybridized carbons (Fsp3) is 0.385. The summed E-state index contributed by atoms with van der Waals surface area (Å²) < 4.78 is 18.1. The van der Waals surface area contributed by atoms with Crippen LogP contribution in [0.5, 0.6) is 0 Å². The van der Waals surface area contributed by atoms with Gasteiger partial charge < -0.3 is 4.74 Å². The molecule has 3 nitrogen and oxygen atoms in total. The molecule has 4 heteroatoms. The number of unbranched alkanes of at least 4 members (excludes halogenated alkanes) is 1. The molecule has 90 valence electrons. The van der Waals surface area contributed by atoms with E-state index in [1.54, 1.807) is 6.92 Å². The number of ether oxygens (including phenoxy) is 1. The second kappa shape index (κ2) is 6.64. The standard InChI is InChI=1S/C13H14FNO2/c1-3-5-6-7-11-10(14)8-9-12(15-11)13(16)17-4-2/h8-9H,3-5H2,1-2H3. The summed E-state index contributed by atoms with van der Waals surface area (Å²) in [6.07, 6.45) is 1.57. The van der Waals surface area contributed by atoms with Gasteiger partial charge >= 0.3 is 5.97 Å². The molecule has 0 spiro atoms. The van der Waals surface area contributed by atoms with Crippen LogP contribution in [0.1, 0.15) is 42.9 Å². The van der Waals surface area contributed by atoms with Gasteiger partial charge in [-0.15, -0.1) is 0 Å². The van der Waals surface area contributed by atoms with Crippen LogP contribution in [0.2, 0.25) is 0 Å². The third kappa shape index (κ3) is 3.87. The van der Waals surface area contributed by atoms with Crippen LogP contribution < -0.4 is 0 Å². The van der Waals surface area contributed by atoms with E-state index in [1.165, 1.54) is 12.1 Å². The molecule has 1 aromatic heterocycles. The molecule has 0 aliphatic rings. The second-order valence-electron chi connectivity index (χ2n) is 3.30. The number of rotatable bonds is 3. The number of hydrogen-bond acceptors (Lipinski definition) is 3. The first kappa shape index (κ1) is 13.2. The zero-order valence-corrected chi connectivity index (χ0v) is 9.92. The molecule has 0 bridgehead atoms. The molecule has 0 unspecified atom stereocenters. The number of carbonyl (C=O) groups excluding carboxylic acids is 1. The molecule has 0 saturated heterocycles. The Morgan fingerprint density at radius 3 is 2.88 bits per heavy atom. The van der Waals surface area contributed by atoms with Crippen LogP contribution in [0, 0.1) is 17.7 Å². The lowest BCUT2D eigenvalue weighted by Gasteiger charge is -2.01. The van der Waals surface area contributed by atoms with Crippen LogP contribution in [-0.2, 0) is 4.74 Å². The molecule has 1 rings (SSSR count). The SMILES string of the molecule is CCCC#Cc1nc(C(=O)OCC)ccc1F. The highest BCUT2D eigenvalue weighted by Crippen LogP contribution is 2.06. The van der Waals surface area contributed by atoms with Crippen molar-refractivity contribution in [2.45, 2.75) is 26.7 Å². The Hall–Kier alpha value is -1.89. The molecular weight excluding hydrogens is 221 g/mol. The van der Waals surface area contributed by atoms with Crippen molar-refractivity contribution in [2.24, 2.45) is 0 Å². The maximum absolute atomic E-state index is 13.3. The van der Waals surface area contributed by atoms with Crippen LogP contribution in [0.15, 0.2) is 12.1 Å². The van der Waals surface area contributed by atoms with Gasteiger partial charge in [0.25, 0.3) is 0 Å². The van der Waals surface area contributed by atoms with E-state index >= 15 is 0 Å². The molecule has 0 atom stereocenters. The van der Waals surface area contributed by atoms with Crippen molar-refractivity contribution < 1.29 is 13.9 Å². The minimum atomic E-state index is -0.564. The average Bonchev–Trinajstić information content (AvgIpc) is 2.32. The molecule has 17 heavy (non-hydrogen) atoms. The summed E-state index contributed by atoms with van der Waals surface area (Å²) in [5, 5.41) is 0. The van der Waals surface area contributed by atoms with Crippen LogP contribution in [0.3, 0.4) is 0 Å². The summed E-state index contributed by atoms with van der Waals surface area (Å²) in [6.45, 7) is 3.94. The summed E-state index contributed by atoms with van der Waals surface area (Å²) in [6, 6.07) is 2.47. The Morgan fingerprint density at radius 2 is 2.24 bits per heavy atom. The molecule has 0 saturated carbocycles. The first-order valence-corrected chi connectivity index (χ1v) is 5.51. The Morgan fingerprint density at radius 1 is 1.47 bits per heavy atom. The van der Waals surface area contributed by atoms with Crippen molar-refractivity contribution in [3.63, 3.8) is 0 Å². The number of aromatic nitrogens is 1. The van der Waals surface area contributed by atoms with E-state index in [0.29, 0.717) is 6.42 Å². The summed E-state index contributed by atoms with van der Waals surface area (Å²) in [4.78, 5) is 15.2. The van der Waals surface area contributed by atoms with Crippen molar-refractivity contribution in [3.05, 3.63) is 29.3 Å². The van der Waals surface area contributed by atoms with Crippen molar-refractivity contribution in [3.8, 4) is 11.8 Å². The van der Waals surface area contributed by atoms with Gasteiger partial charge in [0.1, 0.15) is 11.4 Å². The molecule has 0 aliphatic heterocycles. The molecule has 0 aliphatic carbocycles. The molecule has 1 heterocycles. The molecule has 0 radical (unpaired) electrons. The lowest BCUT2D eigenvalue weighted by molar-refractivity contribution is 0.0519. The minimum absolute atomic E-state index is 0.0102. The second-order valence-corrected chi connectivity index (χ2v) is 3.30. The fourth-order valence-corrected chi connectivity index (χ4v) is 1.12. The summed E-state index contributed by atoms with van der Waals surface area (Å²) in [5.74, 6) is 4.30. The van der Waals surface area contributed by atoms with Crippen LogP contribution in [-0.4, -0.2) is 17.6 Å². The highest BCUT2D eigenvalue weighted by molar-refractivity contribution is 5.87. The largest absolute Gasteiger partial charge is 0.461 e. The van der Waals surface area contributed by atoms with E-state index in [4.69, 9.17) is 4.74 Å². The van der Waals surface area contributed by atoms with Gasteiger partial charge in [0, 0.05) is 6.42 Å². The van der Waals surface area contributed by atoms with Gasteiger partial charge in [-0.3, -0.25) is 0 Å². The lowest BCUT2D eigenvalue weighted by atomic mass is 10.2. The highest BCUT2D eigenvalue weighted by atomic mass is 19.1. The zero-order chi connectivity index (χ0) is 12.7. The van der Waals surface area contributed by atoms with Crippen molar-refractivity contribution in [2.75, 3.05) is 6.61 Å². The third-order valence-corrected chi connectivity index (χ3v) is 1.91. The van der Waals surface area contributed by atoms with E-state index in [9.17, 15) is 9.18 Å². The van der Waals surface area contributed by atoms with Crippen molar-refractivity contribution >= 4 is 5.97 Å². The number of carbonyl (C=O) groups is 1. The Labute approximate surface area is 100 Å². The number of hydrogen-bond donors (Lipinski definition) is 0. The van der Waals surface area contributed by atoms with Crippen LogP contribution >= 0.6 is 0 Å². The number of esters is 1. The Kier molecular flexibility index (Phi) is 5.15. The predicted octanol–water partition coefficient (Wildman–Crippen LogP) is 2.55. The minimum Gasteiger partial charge on any atom is -0.461 e. The normalized spacial score (nSPS) is 9.35. The van der Waals surface area contributed by atoms with E-state index in [1.807, 2.05) is 6.92 Å². The predicted molar refractivity (Wildman–Crippen MR) is 61.9 cm³/mol. The summed E-state index contributed by atoms with van der Waals surface area (Å²) in [5.41, 5.74) is 0.0676. The molecule has 1 aromatic rings. The summed E-state index contributed by atoms with van der Waals surface area (Å²) >= 11 is 0. The zero-order valence-electron chi connectivity index (χ0n) is 9.92. The number of pyridine rings is 1. The van der Waals surface area contributed by atoms with E-state index in [2.05, 4.69) is 16.8 Å². The Bertz CT molecular complexity index is 460. The third-order valence-electron chi connectivity index (χ3n) is 1.91. The van der Waals surface area contributed by atoms with Gasteiger partial charge in [0.05, 0.1) is 6.61 Å². The van der Waals surface area contributed by atoms with Crippen molar-refractivity contribution in [1.29, 1.82) is 0 Å². The molecule has 0 N–H and O–H groups in total. The van der Waals surface area contributed by atoms with Crippen LogP contribution in [0.4, 0.5) is 4.39 Å². The van der Waals surface area contributed by atoms with Gasteiger partial charge in [0.15, 0.2) is 5.82 Å². The maximum atomic E-state index is 13.3. The highest BCUT2D eigenvalue weighted by Gasteiger charge is 2.10.